The van der Waals surface area contributed by atoms with E-state index in [-0.39, 0.29) is 5.82 Å². The molecule has 0 radical (unpaired) electrons. The van der Waals surface area contributed by atoms with E-state index in [2.05, 4.69) is 27.8 Å². The topological polar surface area (TPSA) is 3.24 Å². The van der Waals surface area contributed by atoms with Crippen LogP contribution in [0.15, 0.2) is 18.2 Å². The summed E-state index contributed by atoms with van der Waals surface area (Å²) in [6.45, 7) is 5.26. The Hall–Kier alpha value is -0.410. The molecule has 1 aliphatic heterocycles. The Bertz CT molecular complexity index is 392. The van der Waals surface area contributed by atoms with E-state index in [0.29, 0.717) is 0 Å². The fraction of sp³-hybridized carbons (Fsp3) is 0.600. The third kappa shape index (κ3) is 3.79. The molecule has 0 aromatic heterocycles. The van der Waals surface area contributed by atoms with E-state index >= 15 is 0 Å². The van der Waals surface area contributed by atoms with Crippen LogP contribution in [0, 0.1) is 18.7 Å². The predicted molar refractivity (Wildman–Crippen MR) is 77.5 cm³/mol. The second-order valence-corrected chi connectivity index (χ2v) is 6.08. The molecule has 1 fully saturated rings. The Morgan fingerprint density at radius 2 is 2.28 bits per heavy atom. The zero-order chi connectivity index (χ0) is 13.0. The van der Waals surface area contributed by atoms with Crippen LogP contribution in [0.25, 0.3) is 0 Å². The van der Waals surface area contributed by atoms with Gasteiger partial charge in [0, 0.05) is 18.4 Å². The van der Waals surface area contributed by atoms with Crippen molar-refractivity contribution in [2.24, 2.45) is 5.92 Å². The minimum absolute atomic E-state index is 0.121. The van der Waals surface area contributed by atoms with Crippen molar-refractivity contribution < 1.29 is 4.39 Å². The van der Waals surface area contributed by atoms with Gasteiger partial charge in [0.2, 0.25) is 0 Å². The third-order valence-electron chi connectivity index (χ3n) is 3.83. The summed E-state index contributed by atoms with van der Waals surface area (Å²) in [5, 5.41) is 1.09. The number of piperidine rings is 1. The van der Waals surface area contributed by atoms with Crippen molar-refractivity contribution in [2.45, 2.75) is 32.7 Å². The zero-order valence-electron chi connectivity index (χ0n) is 11.0. The summed E-state index contributed by atoms with van der Waals surface area (Å²) in [7, 11) is 0. The highest BCUT2D eigenvalue weighted by atomic mass is 79.9. The average Bonchev–Trinajstić information content (AvgIpc) is 2.35. The quantitative estimate of drug-likeness (QED) is 0.755. The van der Waals surface area contributed by atoms with E-state index in [1.165, 1.54) is 24.8 Å². The van der Waals surface area contributed by atoms with Crippen LogP contribution in [-0.4, -0.2) is 23.3 Å². The van der Waals surface area contributed by atoms with Gasteiger partial charge in [-0.3, -0.25) is 4.90 Å². The van der Waals surface area contributed by atoms with Crippen LogP contribution in [0.2, 0.25) is 0 Å². The van der Waals surface area contributed by atoms with Gasteiger partial charge in [0.15, 0.2) is 0 Å². The molecule has 1 heterocycles. The maximum atomic E-state index is 13.3. The number of rotatable bonds is 4. The second-order valence-electron chi connectivity index (χ2n) is 5.29. The molecule has 100 valence electrons. The molecule has 0 bridgehead atoms. The smallest absolute Gasteiger partial charge is 0.123 e. The number of hydrogen-bond donors (Lipinski definition) is 0. The highest BCUT2D eigenvalue weighted by Gasteiger charge is 2.19. The van der Waals surface area contributed by atoms with Crippen LogP contribution in [0.3, 0.4) is 0 Å². The van der Waals surface area contributed by atoms with Crippen LogP contribution in [0.5, 0.6) is 0 Å². The minimum atomic E-state index is -0.121. The van der Waals surface area contributed by atoms with Crippen molar-refractivity contribution in [1.29, 1.82) is 0 Å². The molecule has 1 aliphatic rings. The predicted octanol–water partition coefficient (Wildman–Crippen LogP) is 4.13. The standard InChI is InChI=1S/C15H21BrFN/c1-12-4-5-15(17)9-14(12)11-18-8-2-3-13(10-18)6-7-16/h4-5,9,13H,2-3,6-8,10-11H2,1H3. The van der Waals surface area contributed by atoms with Crippen molar-refractivity contribution in [2.75, 3.05) is 18.4 Å². The first-order chi connectivity index (χ1) is 8.69. The second kappa shape index (κ2) is 6.67. The summed E-state index contributed by atoms with van der Waals surface area (Å²) in [5.41, 5.74) is 2.33. The first-order valence-electron chi connectivity index (χ1n) is 6.72. The minimum Gasteiger partial charge on any atom is -0.299 e. The summed E-state index contributed by atoms with van der Waals surface area (Å²) in [5.74, 6) is 0.677. The molecular weight excluding hydrogens is 293 g/mol. The van der Waals surface area contributed by atoms with Crippen molar-refractivity contribution in [1.82, 2.24) is 4.90 Å². The molecule has 0 amide bonds. The Labute approximate surface area is 118 Å². The molecule has 1 aromatic rings. The number of halogens is 2. The average molecular weight is 314 g/mol. The summed E-state index contributed by atoms with van der Waals surface area (Å²) in [6, 6.07) is 5.11. The van der Waals surface area contributed by atoms with E-state index in [1.807, 2.05) is 6.07 Å². The van der Waals surface area contributed by atoms with Crippen molar-refractivity contribution in [3.05, 3.63) is 35.1 Å². The number of alkyl halides is 1. The molecular formula is C15H21BrFN. The lowest BCUT2D eigenvalue weighted by molar-refractivity contribution is 0.165. The van der Waals surface area contributed by atoms with Crippen molar-refractivity contribution >= 4 is 15.9 Å². The Kier molecular flexibility index (Phi) is 5.19. The third-order valence-corrected chi connectivity index (χ3v) is 4.28. The van der Waals surface area contributed by atoms with Crippen LogP contribution >= 0.6 is 15.9 Å². The number of aryl methyl sites for hydroxylation is 1. The largest absolute Gasteiger partial charge is 0.299 e. The highest BCUT2D eigenvalue weighted by molar-refractivity contribution is 9.09. The van der Waals surface area contributed by atoms with Crippen LogP contribution in [0.1, 0.15) is 30.4 Å². The summed E-state index contributed by atoms with van der Waals surface area (Å²) < 4.78 is 13.3. The summed E-state index contributed by atoms with van der Waals surface area (Å²) in [4.78, 5) is 2.47. The number of likely N-dealkylation sites (tertiary alicyclic amines) is 1. The molecule has 1 unspecified atom stereocenters. The highest BCUT2D eigenvalue weighted by Crippen LogP contribution is 2.23. The number of benzene rings is 1. The molecule has 0 N–H and O–H groups in total. The Morgan fingerprint density at radius 3 is 3.06 bits per heavy atom. The van der Waals surface area contributed by atoms with Gasteiger partial charge in [0.25, 0.3) is 0 Å². The van der Waals surface area contributed by atoms with Crippen LogP contribution < -0.4 is 0 Å². The fourth-order valence-corrected chi connectivity index (χ4v) is 3.38. The van der Waals surface area contributed by atoms with Crippen molar-refractivity contribution in [3.63, 3.8) is 0 Å². The van der Waals surface area contributed by atoms with E-state index in [1.54, 1.807) is 12.1 Å². The molecule has 2 rings (SSSR count). The Balaban J connectivity index is 1.98. The number of hydrogen-bond acceptors (Lipinski definition) is 1. The molecule has 1 aromatic carbocycles. The van der Waals surface area contributed by atoms with Gasteiger partial charge in [-0.1, -0.05) is 22.0 Å². The SMILES string of the molecule is Cc1ccc(F)cc1CN1CCCC(CCBr)C1. The van der Waals surface area contributed by atoms with E-state index < -0.39 is 0 Å². The maximum Gasteiger partial charge on any atom is 0.123 e. The first kappa shape index (κ1) is 14.0. The maximum absolute atomic E-state index is 13.3. The van der Waals surface area contributed by atoms with Gasteiger partial charge in [0.05, 0.1) is 0 Å². The van der Waals surface area contributed by atoms with Crippen LogP contribution in [-0.2, 0) is 6.54 Å². The van der Waals surface area contributed by atoms with Gasteiger partial charge in [-0.2, -0.15) is 0 Å². The molecule has 0 aliphatic carbocycles. The van der Waals surface area contributed by atoms with Gasteiger partial charge in [-0.05, 0) is 61.9 Å². The molecule has 0 saturated carbocycles. The molecule has 1 nitrogen and oxygen atoms in total. The fourth-order valence-electron chi connectivity index (χ4n) is 2.74. The molecule has 1 saturated heterocycles. The Morgan fingerprint density at radius 1 is 1.44 bits per heavy atom. The van der Waals surface area contributed by atoms with Crippen LogP contribution in [0.4, 0.5) is 4.39 Å². The first-order valence-corrected chi connectivity index (χ1v) is 7.84. The lowest BCUT2D eigenvalue weighted by atomic mass is 9.95. The van der Waals surface area contributed by atoms with Gasteiger partial charge in [0.1, 0.15) is 5.82 Å². The molecule has 18 heavy (non-hydrogen) atoms. The van der Waals surface area contributed by atoms with E-state index in [9.17, 15) is 4.39 Å². The molecule has 1 atom stereocenters. The van der Waals surface area contributed by atoms with Crippen molar-refractivity contribution in [3.8, 4) is 0 Å². The normalized spacial score (nSPS) is 21.2. The monoisotopic (exact) mass is 313 g/mol. The van der Waals surface area contributed by atoms with E-state index in [4.69, 9.17) is 0 Å². The summed E-state index contributed by atoms with van der Waals surface area (Å²) >= 11 is 3.52. The summed E-state index contributed by atoms with van der Waals surface area (Å²) in [6.07, 6.45) is 3.86. The molecule has 3 heteroatoms. The molecule has 0 spiro atoms. The van der Waals surface area contributed by atoms with Gasteiger partial charge >= 0.3 is 0 Å². The lowest BCUT2D eigenvalue weighted by Gasteiger charge is -2.32. The van der Waals surface area contributed by atoms with E-state index in [0.717, 1.165) is 36.4 Å². The van der Waals surface area contributed by atoms with Gasteiger partial charge in [-0.25, -0.2) is 4.39 Å². The van der Waals surface area contributed by atoms with Gasteiger partial charge < -0.3 is 0 Å². The number of nitrogens with zero attached hydrogens (tertiary/aromatic N) is 1. The lowest BCUT2D eigenvalue weighted by Crippen LogP contribution is -2.35. The van der Waals surface area contributed by atoms with Gasteiger partial charge in [-0.15, -0.1) is 0 Å². The zero-order valence-corrected chi connectivity index (χ0v) is 12.5.